The number of benzene rings is 1. The average molecular weight is 438 g/mol. The van der Waals surface area contributed by atoms with Crippen LogP contribution in [-0.4, -0.2) is 22.1 Å². The number of ether oxygens (including phenoxy) is 1. The van der Waals surface area contributed by atoms with Crippen molar-refractivity contribution in [3.8, 4) is 5.75 Å². The SMILES string of the molecule is CCCCn1c(N)c(N(Cc2ccco2)C(=O)C2CCOc3ccccc32)c(=O)[nH]c1=O. The Morgan fingerprint density at radius 2 is 2.06 bits per heavy atom. The van der Waals surface area contributed by atoms with Crippen LogP contribution in [0.5, 0.6) is 5.75 Å². The average Bonchev–Trinajstić information content (AvgIpc) is 3.30. The summed E-state index contributed by atoms with van der Waals surface area (Å²) in [6.45, 7) is 2.71. The second-order valence-electron chi connectivity index (χ2n) is 7.73. The van der Waals surface area contributed by atoms with E-state index in [2.05, 4.69) is 4.98 Å². The number of furan rings is 1. The maximum Gasteiger partial charge on any atom is 0.330 e. The minimum Gasteiger partial charge on any atom is -0.493 e. The molecule has 168 valence electrons. The molecule has 32 heavy (non-hydrogen) atoms. The van der Waals surface area contributed by atoms with Crippen LogP contribution in [0, 0.1) is 0 Å². The van der Waals surface area contributed by atoms with Crippen molar-refractivity contribution >= 4 is 17.4 Å². The Bertz CT molecular complexity index is 1210. The largest absolute Gasteiger partial charge is 0.493 e. The number of carbonyl (C=O) groups is 1. The Balaban J connectivity index is 1.82. The van der Waals surface area contributed by atoms with Crippen LogP contribution in [-0.2, 0) is 17.9 Å². The van der Waals surface area contributed by atoms with Crippen molar-refractivity contribution in [2.75, 3.05) is 17.2 Å². The molecule has 2 aromatic heterocycles. The number of amides is 1. The monoisotopic (exact) mass is 438 g/mol. The number of carbonyl (C=O) groups excluding carboxylic acids is 1. The maximum atomic E-state index is 13.8. The first-order valence-electron chi connectivity index (χ1n) is 10.7. The topological polar surface area (TPSA) is 124 Å². The van der Waals surface area contributed by atoms with Crippen LogP contribution >= 0.6 is 0 Å². The highest BCUT2D eigenvalue weighted by Gasteiger charge is 2.34. The van der Waals surface area contributed by atoms with Gasteiger partial charge in [-0.05, 0) is 31.0 Å². The number of hydrogen-bond donors (Lipinski definition) is 2. The summed E-state index contributed by atoms with van der Waals surface area (Å²) in [5, 5.41) is 0. The van der Waals surface area contributed by atoms with Crippen LogP contribution in [0.4, 0.5) is 11.5 Å². The Kier molecular flexibility index (Phi) is 6.16. The lowest BCUT2D eigenvalue weighted by Gasteiger charge is -2.31. The number of nitrogen functional groups attached to an aromatic ring is 1. The smallest absolute Gasteiger partial charge is 0.330 e. The van der Waals surface area contributed by atoms with Crippen molar-refractivity contribution in [3.63, 3.8) is 0 Å². The van der Waals surface area contributed by atoms with Crippen molar-refractivity contribution < 1.29 is 13.9 Å². The Labute approximate surface area is 184 Å². The van der Waals surface area contributed by atoms with E-state index < -0.39 is 17.2 Å². The summed E-state index contributed by atoms with van der Waals surface area (Å²) in [6, 6.07) is 10.8. The van der Waals surface area contributed by atoms with Gasteiger partial charge in [0, 0.05) is 12.1 Å². The molecule has 3 heterocycles. The number of nitrogens with one attached hydrogen (secondary N) is 1. The molecule has 1 aliphatic rings. The molecule has 0 radical (unpaired) electrons. The molecule has 9 heteroatoms. The van der Waals surface area contributed by atoms with E-state index in [1.807, 2.05) is 31.2 Å². The molecular weight excluding hydrogens is 412 g/mol. The molecule has 1 atom stereocenters. The van der Waals surface area contributed by atoms with Crippen LogP contribution in [0.25, 0.3) is 0 Å². The molecule has 0 aliphatic carbocycles. The minimum absolute atomic E-state index is 0.00458. The van der Waals surface area contributed by atoms with Gasteiger partial charge in [-0.2, -0.15) is 0 Å². The van der Waals surface area contributed by atoms with Gasteiger partial charge in [-0.25, -0.2) is 4.79 Å². The molecule has 0 fully saturated rings. The van der Waals surface area contributed by atoms with E-state index >= 15 is 0 Å². The quantitative estimate of drug-likeness (QED) is 0.584. The zero-order valence-electron chi connectivity index (χ0n) is 17.9. The number of para-hydroxylation sites is 1. The van der Waals surface area contributed by atoms with Crippen LogP contribution in [0.1, 0.15) is 43.4 Å². The van der Waals surface area contributed by atoms with E-state index in [0.29, 0.717) is 37.5 Å². The third-order valence-corrected chi connectivity index (χ3v) is 5.64. The van der Waals surface area contributed by atoms with Gasteiger partial charge in [0.2, 0.25) is 5.91 Å². The molecule has 1 aromatic carbocycles. The number of unbranched alkanes of at least 4 members (excludes halogenated alkanes) is 1. The summed E-state index contributed by atoms with van der Waals surface area (Å²) >= 11 is 0. The van der Waals surface area contributed by atoms with Gasteiger partial charge in [-0.15, -0.1) is 0 Å². The molecule has 3 N–H and O–H groups in total. The first-order chi connectivity index (χ1) is 15.5. The lowest BCUT2D eigenvalue weighted by atomic mass is 9.91. The third-order valence-electron chi connectivity index (χ3n) is 5.64. The van der Waals surface area contributed by atoms with E-state index in [1.54, 1.807) is 12.1 Å². The van der Waals surface area contributed by atoms with Gasteiger partial charge >= 0.3 is 5.69 Å². The summed E-state index contributed by atoms with van der Waals surface area (Å²) < 4.78 is 12.5. The van der Waals surface area contributed by atoms with E-state index in [0.717, 1.165) is 12.0 Å². The van der Waals surface area contributed by atoms with Crippen LogP contribution in [0.15, 0.2) is 56.7 Å². The highest BCUT2D eigenvalue weighted by Crippen LogP contribution is 2.36. The fraction of sp³-hybridized carbons (Fsp3) is 0.348. The second-order valence-corrected chi connectivity index (χ2v) is 7.73. The summed E-state index contributed by atoms with van der Waals surface area (Å²) in [5.74, 6) is 0.265. The molecule has 1 amide bonds. The summed E-state index contributed by atoms with van der Waals surface area (Å²) in [4.78, 5) is 42.7. The molecule has 4 rings (SSSR count). The van der Waals surface area contributed by atoms with Gasteiger partial charge in [-0.1, -0.05) is 31.5 Å². The number of nitrogens with zero attached hydrogens (tertiary/aromatic N) is 2. The van der Waals surface area contributed by atoms with Crippen molar-refractivity contribution in [1.82, 2.24) is 9.55 Å². The predicted molar refractivity (Wildman–Crippen MR) is 120 cm³/mol. The third kappa shape index (κ3) is 4.05. The van der Waals surface area contributed by atoms with Crippen molar-refractivity contribution in [1.29, 1.82) is 0 Å². The maximum absolute atomic E-state index is 13.8. The molecule has 3 aromatic rings. The molecule has 9 nitrogen and oxygen atoms in total. The van der Waals surface area contributed by atoms with Gasteiger partial charge in [0.05, 0.1) is 25.3 Å². The zero-order chi connectivity index (χ0) is 22.7. The van der Waals surface area contributed by atoms with Crippen molar-refractivity contribution in [2.24, 2.45) is 0 Å². The lowest BCUT2D eigenvalue weighted by Crippen LogP contribution is -2.43. The molecule has 1 unspecified atom stereocenters. The number of nitrogens with two attached hydrogens (primary N) is 1. The van der Waals surface area contributed by atoms with Crippen LogP contribution in [0.3, 0.4) is 0 Å². The van der Waals surface area contributed by atoms with Gasteiger partial charge in [0.25, 0.3) is 5.56 Å². The van der Waals surface area contributed by atoms with Gasteiger partial charge in [0.15, 0.2) is 5.69 Å². The second kappa shape index (κ2) is 9.17. The number of H-pyrrole nitrogens is 1. The number of anilines is 2. The summed E-state index contributed by atoms with van der Waals surface area (Å²) in [6.07, 6.45) is 3.50. The van der Waals surface area contributed by atoms with Gasteiger partial charge < -0.3 is 14.9 Å². The van der Waals surface area contributed by atoms with E-state index in [1.165, 1.54) is 15.7 Å². The Hall–Kier alpha value is -3.75. The molecular formula is C23H26N4O5. The number of hydrogen-bond acceptors (Lipinski definition) is 6. The van der Waals surface area contributed by atoms with Crippen molar-refractivity contribution in [2.45, 2.75) is 45.2 Å². The lowest BCUT2D eigenvalue weighted by molar-refractivity contribution is -0.120. The number of aromatic nitrogens is 2. The normalized spacial score (nSPS) is 15.1. The van der Waals surface area contributed by atoms with Crippen LogP contribution < -0.4 is 26.6 Å². The molecule has 0 saturated heterocycles. The molecule has 0 spiro atoms. The first-order valence-corrected chi connectivity index (χ1v) is 10.7. The summed E-state index contributed by atoms with van der Waals surface area (Å²) in [5.41, 5.74) is 5.71. The number of fused-ring (bicyclic) bond motifs is 1. The Morgan fingerprint density at radius 1 is 1.25 bits per heavy atom. The van der Waals surface area contributed by atoms with Crippen LogP contribution in [0.2, 0.25) is 0 Å². The Morgan fingerprint density at radius 3 is 2.81 bits per heavy atom. The highest BCUT2D eigenvalue weighted by atomic mass is 16.5. The number of rotatable bonds is 7. The van der Waals surface area contributed by atoms with E-state index in [4.69, 9.17) is 14.9 Å². The molecule has 0 bridgehead atoms. The van der Waals surface area contributed by atoms with Gasteiger partial charge in [0.1, 0.15) is 17.3 Å². The number of aromatic amines is 1. The van der Waals surface area contributed by atoms with E-state index in [9.17, 15) is 14.4 Å². The molecule has 0 saturated carbocycles. The van der Waals surface area contributed by atoms with E-state index in [-0.39, 0.29) is 24.0 Å². The standard InChI is InChI=1S/C23H26N4O5/c1-2-3-11-26-20(24)19(21(28)25-23(26)30)27(14-15-7-6-12-31-15)22(29)17-10-13-32-18-9-5-4-8-16(17)18/h4-9,12,17H,2-3,10-11,13-14,24H2,1H3,(H,25,28,30). The van der Waals surface area contributed by atoms with Gasteiger partial charge in [-0.3, -0.25) is 24.0 Å². The fourth-order valence-corrected chi connectivity index (χ4v) is 3.99. The minimum atomic E-state index is -0.708. The summed E-state index contributed by atoms with van der Waals surface area (Å²) in [7, 11) is 0. The highest BCUT2D eigenvalue weighted by molar-refractivity contribution is 6.00. The first kappa shape index (κ1) is 21.5. The zero-order valence-corrected chi connectivity index (χ0v) is 17.9. The van der Waals surface area contributed by atoms with Crippen molar-refractivity contribution in [3.05, 3.63) is 74.8 Å². The fourth-order valence-electron chi connectivity index (χ4n) is 3.99. The molecule has 1 aliphatic heterocycles. The predicted octanol–water partition coefficient (Wildman–Crippen LogP) is 2.61.